The molecule has 0 saturated carbocycles. The highest BCUT2D eigenvalue weighted by molar-refractivity contribution is 7.07. The zero-order valence-electron chi connectivity index (χ0n) is 11.9. The lowest BCUT2D eigenvalue weighted by atomic mass is 10.0. The number of carbonyl (C=O) groups is 1. The van der Waals surface area contributed by atoms with E-state index in [0.29, 0.717) is 6.54 Å². The van der Waals surface area contributed by atoms with Crippen LogP contribution < -0.4 is 5.73 Å². The van der Waals surface area contributed by atoms with Crippen molar-refractivity contribution in [1.82, 2.24) is 9.88 Å². The van der Waals surface area contributed by atoms with E-state index in [1.165, 1.54) is 11.3 Å². The third-order valence-electron chi connectivity index (χ3n) is 2.96. The average Bonchev–Trinajstić information content (AvgIpc) is 2.90. The number of halogens is 2. The Morgan fingerprint density at radius 3 is 2.48 bits per heavy atom. The first-order chi connectivity index (χ1) is 9.08. The number of carbonyl (C=O) groups excluding carboxylic acids is 1. The van der Waals surface area contributed by atoms with E-state index in [1.807, 2.05) is 36.6 Å². The van der Waals surface area contributed by atoms with Gasteiger partial charge in [0.05, 0.1) is 17.7 Å². The van der Waals surface area contributed by atoms with Crippen LogP contribution in [0.15, 0.2) is 35.2 Å². The topological polar surface area (TPSA) is 59.2 Å². The highest BCUT2D eigenvalue weighted by Crippen LogP contribution is 2.15. The lowest BCUT2D eigenvalue weighted by molar-refractivity contribution is -0.132. The molecule has 2 aromatic rings. The number of hydrogen-bond donors (Lipinski definition) is 1. The normalized spacial score (nSPS) is 11.0. The summed E-state index contributed by atoms with van der Waals surface area (Å²) < 4.78 is 0. The zero-order chi connectivity index (χ0) is 13.8. The highest BCUT2D eigenvalue weighted by Gasteiger charge is 2.20. The molecule has 1 atom stereocenters. The van der Waals surface area contributed by atoms with Crippen molar-refractivity contribution in [2.45, 2.75) is 19.5 Å². The third-order valence-corrected chi connectivity index (χ3v) is 3.60. The van der Waals surface area contributed by atoms with E-state index in [9.17, 15) is 4.79 Å². The van der Waals surface area contributed by atoms with Crippen LogP contribution >= 0.6 is 36.2 Å². The molecule has 4 nitrogen and oxygen atoms in total. The third kappa shape index (κ3) is 5.28. The molecule has 1 heterocycles. The minimum absolute atomic E-state index is 0. The quantitative estimate of drug-likeness (QED) is 0.924. The molecular formula is C14H19Cl2N3OS. The molecule has 0 radical (unpaired) electrons. The summed E-state index contributed by atoms with van der Waals surface area (Å²) in [6.45, 7) is 2.49. The summed E-state index contributed by atoms with van der Waals surface area (Å²) in [5.74, 6) is -0.100. The fourth-order valence-corrected chi connectivity index (χ4v) is 2.34. The van der Waals surface area contributed by atoms with Crippen molar-refractivity contribution in [3.63, 3.8) is 0 Å². The molecule has 0 fully saturated rings. The number of nitrogens with zero attached hydrogens (tertiary/aromatic N) is 2. The van der Waals surface area contributed by atoms with Crippen LogP contribution in [0.4, 0.5) is 0 Å². The van der Waals surface area contributed by atoms with Crippen LogP contribution in [0.2, 0.25) is 0 Å². The van der Waals surface area contributed by atoms with Crippen LogP contribution in [-0.2, 0) is 11.3 Å². The van der Waals surface area contributed by atoms with Gasteiger partial charge in [0.2, 0.25) is 5.91 Å². The minimum atomic E-state index is -0.621. The Bertz CT molecular complexity index is 546. The second-order valence-corrected chi connectivity index (χ2v) is 5.28. The number of aromatic nitrogens is 1. The summed E-state index contributed by atoms with van der Waals surface area (Å²) >= 11 is 1.52. The predicted molar refractivity (Wildman–Crippen MR) is 91.2 cm³/mol. The Balaban J connectivity index is 0.00000200. The maximum Gasteiger partial charge on any atom is 0.244 e. The van der Waals surface area contributed by atoms with Crippen LogP contribution in [0, 0.1) is 6.92 Å². The maximum absolute atomic E-state index is 12.2. The summed E-state index contributed by atoms with van der Waals surface area (Å²) in [7, 11) is 1.75. The maximum atomic E-state index is 12.2. The number of aryl methyl sites for hydroxylation is 1. The molecule has 1 aromatic carbocycles. The van der Waals surface area contributed by atoms with Gasteiger partial charge in [-0.2, -0.15) is 0 Å². The SMILES string of the molecule is Cc1ccc(C(N)C(=O)N(C)Cc2cscn2)cc1.Cl.Cl. The van der Waals surface area contributed by atoms with E-state index < -0.39 is 6.04 Å². The molecule has 1 unspecified atom stereocenters. The van der Waals surface area contributed by atoms with Crippen LogP contribution in [0.3, 0.4) is 0 Å². The monoisotopic (exact) mass is 347 g/mol. The van der Waals surface area contributed by atoms with Gasteiger partial charge in [-0.3, -0.25) is 4.79 Å². The van der Waals surface area contributed by atoms with Gasteiger partial charge >= 0.3 is 0 Å². The van der Waals surface area contributed by atoms with Crippen molar-refractivity contribution < 1.29 is 4.79 Å². The van der Waals surface area contributed by atoms with Crippen molar-refractivity contribution in [3.8, 4) is 0 Å². The summed E-state index contributed by atoms with van der Waals surface area (Å²) in [5, 5.41) is 1.93. The molecule has 0 aliphatic carbocycles. The summed E-state index contributed by atoms with van der Waals surface area (Å²) in [6.07, 6.45) is 0. The molecule has 0 saturated heterocycles. The van der Waals surface area contributed by atoms with Gasteiger partial charge in [-0.05, 0) is 12.5 Å². The molecule has 0 aliphatic rings. The van der Waals surface area contributed by atoms with Crippen molar-refractivity contribution in [3.05, 3.63) is 52.0 Å². The summed E-state index contributed by atoms with van der Waals surface area (Å²) in [4.78, 5) is 18.0. The summed E-state index contributed by atoms with van der Waals surface area (Å²) in [5.41, 5.74) is 10.6. The first-order valence-electron chi connectivity index (χ1n) is 6.02. The van der Waals surface area contributed by atoms with Gasteiger partial charge in [0, 0.05) is 12.4 Å². The Labute approximate surface area is 141 Å². The van der Waals surface area contributed by atoms with E-state index in [4.69, 9.17) is 5.73 Å². The van der Waals surface area contributed by atoms with Gasteiger partial charge in [-0.1, -0.05) is 29.8 Å². The van der Waals surface area contributed by atoms with E-state index >= 15 is 0 Å². The first-order valence-corrected chi connectivity index (χ1v) is 6.96. The van der Waals surface area contributed by atoms with Gasteiger partial charge in [0.15, 0.2) is 0 Å². The van der Waals surface area contributed by atoms with E-state index in [1.54, 1.807) is 17.5 Å². The van der Waals surface area contributed by atoms with Gasteiger partial charge in [-0.15, -0.1) is 36.2 Å². The summed E-state index contributed by atoms with van der Waals surface area (Å²) in [6, 6.07) is 7.10. The van der Waals surface area contributed by atoms with E-state index in [2.05, 4.69) is 4.98 Å². The fraction of sp³-hybridized carbons (Fsp3) is 0.286. The Kier molecular flexibility index (Phi) is 8.51. The smallest absolute Gasteiger partial charge is 0.244 e. The van der Waals surface area contributed by atoms with Crippen LogP contribution in [0.1, 0.15) is 22.9 Å². The molecule has 1 aromatic heterocycles. The molecule has 7 heteroatoms. The number of rotatable bonds is 4. The first kappa shape index (κ1) is 19.9. The molecule has 0 spiro atoms. The van der Waals surface area contributed by atoms with E-state index in [-0.39, 0.29) is 30.7 Å². The number of nitrogens with two attached hydrogens (primary N) is 1. The van der Waals surface area contributed by atoms with Crippen molar-refractivity contribution in [2.75, 3.05) is 7.05 Å². The number of likely N-dealkylation sites (N-methyl/N-ethyl adjacent to an activating group) is 1. The zero-order valence-corrected chi connectivity index (χ0v) is 14.3. The van der Waals surface area contributed by atoms with Gasteiger partial charge < -0.3 is 10.6 Å². The lowest BCUT2D eigenvalue weighted by Gasteiger charge is -2.20. The van der Waals surface area contributed by atoms with Crippen molar-refractivity contribution >= 4 is 42.1 Å². The molecule has 116 valence electrons. The molecule has 0 aliphatic heterocycles. The molecule has 21 heavy (non-hydrogen) atoms. The van der Waals surface area contributed by atoms with Crippen LogP contribution in [-0.4, -0.2) is 22.8 Å². The molecule has 1 amide bonds. The number of hydrogen-bond acceptors (Lipinski definition) is 4. The molecule has 2 N–H and O–H groups in total. The predicted octanol–water partition coefficient (Wildman–Crippen LogP) is 2.95. The Morgan fingerprint density at radius 1 is 1.33 bits per heavy atom. The number of amides is 1. The largest absolute Gasteiger partial charge is 0.338 e. The lowest BCUT2D eigenvalue weighted by Crippen LogP contribution is -2.35. The molecule has 2 rings (SSSR count). The molecule has 0 bridgehead atoms. The fourth-order valence-electron chi connectivity index (χ4n) is 1.79. The Morgan fingerprint density at radius 2 is 1.95 bits per heavy atom. The number of benzene rings is 1. The van der Waals surface area contributed by atoms with Gasteiger partial charge in [0.1, 0.15) is 6.04 Å². The highest BCUT2D eigenvalue weighted by atomic mass is 35.5. The van der Waals surface area contributed by atoms with Crippen molar-refractivity contribution in [2.24, 2.45) is 5.73 Å². The second kappa shape index (κ2) is 9.00. The van der Waals surface area contributed by atoms with Crippen LogP contribution in [0.5, 0.6) is 0 Å². The van der Waals surface area contributed by atoms with E-state index in [0.717, 1.165) is 16.8 Å². The van der Waals surface area contributed by atoms with Crippen LogP contribution in [0.25, 0.3) is 0 Å². The Hall–Kier alpha value is -1.14. The van der Waals surface area contributed by atoms with Crippen molar-refractivity contribution in [1.29, 1.82) is 0 Å². The molecular weight excluding hydrogens is 329 g/mol. The standard InChI is InChI=1S/C14H17N3OS.2ClH/c1-10-3-5-11(6-4-10)13(15)14(18)17(2)7-12-8-19-9-16-12;;/h3-6,8-9,13H,7,15H2,1-2H3;2*1H. The second-order valence-electron chi connectivity index (χ2n) is 4.56. The van der Waals surface area contributed by atoms with Gasteiger partial charge in [0.25, 0.3) is 0 Å². The minimum Gasteiger partial charge on any atom is -0.338 e. The van der Waals surface area contributed by atoms with Gasteiger partial charge in [-0.25, -0.2) is 4.98 Å². The number of thiazole rings is 1. The average molecular weight is 348 g/mol.